The predicted octanol–water partition coefficient (Wildman–Crippen LogP) is 1.19. The molecule has 2 aromatic rings. The smallest absolute Gasteiger partial charge is 0.113 e. The van der Waals surface area contributed by atoms with Gasteiger partial charge >= 0.3 is 0 Å². The lowest BCUT2D eigenvalue weighted by Gasteiger charge is -1.92. The van der Waals surface area contributed by atoms with Gasteiger partial charge in [-0.05, 0) is 13.0 Å². The van der Waals surface area contributed by atoms with Crippen LogP contribution < -0.4 is 0 Å². The van der Waals surface area contributed by atoms with Crippen molar-refractivity contribution in [2.45, 2.75) is 6.92 Å². The number of hydrogen-bond acceptors (Lipinski definition) is 3. The van der Waals surface area contributed by atoms with Crippen LogP contribution in [0.15, 0.2) is 24.7 Å². The van der Waals surface area contributed by atoms with Crippen LogP contribution in [-0.2, 0) is 7.05 Å². The molecule has 0 bridgehead atoms. The fourth-order valence-corrected chi connectivity index (χ4v) is 1.12. The highest BCUT2D eigenvalue weighted by Crippen LogP contribution is 2.13. The summed E-state index contributed by atoms with van der Waals surface area (Å²) in [5.41, 5.74) is 2.79. The number of rotatable bonds is 1. The van der Waals surface area contributed by atoms with E-state index in [2.05, 4.69) is 15.1 Å². The monoisotopic (exact) mass is 174 g/mol. The van der Waals surface area contributed by atoms with Crippen LogP contribution in [0.1, 0.15) is 5.69 Å². The Morgan fingerprint density at radius 2 is 2.08 bits per heavy atom. The molecule has 0 saturated carbocycles. The first-order chi connectivity index (χ1) is 6.27. The lowest BCUT2D eigenvalue weighted by atomic mass is 10.3. The van der Waals surface area contributed by atoms with Gasteiger partial charge in [0.05, 0.1) is 6.20 Å². The zero-order chi connectivity index (χ0) is 9.26. The lowest BCUT2D eigenvalue weighted by Crippen LogP contribution is -1.92. The van der Waals surface area contributed by atoms with Gasteiger partial charge in [0.25, 0.3) is 0 Å². The molecule has 0 radical (unpaired) electrons. The number of aromatic nitrogens is 4. The van der Waals surface area contributed by atoms with Crippen molar-refractivity contribution in [3.05, 3.63) is 30.4 Å². The molecule has 66 valence electrons. The van der Waals surface area contributed by atoms with Crippen LogP contribution in [0.5, 0.6) is 0 Å². The van der Waals surface area contributed by atoms with Gasteiger partial charge in [0.15, 0.2) is 0 Å². The van der Waals surface area contributed by atoms with Crippen molar-refractivity contribution in [2.75, 3.05) is 0 Å². The van der Waals surface area contributed by atoms with E-state index in [1.807, 2.05) is 24.7 Å². The fraction of sp³-hybridized carbons (Fsp3) is 0.222. The highest BCUT2D eigenvalue weighted by atomic mass is 15.3. The van der Waals surface area contributed by atoms with Gasteiger partial charge in [-0.15, -0.1) is 0 Å². The minimum atomic E-state index is 0.811. The zero-order valence-electron chi connectivity index (χ0n) is 7.60. The Bertz CT molecular complexity index is 385. The molecule has 0 amide bonds. The zero-order valence-corrected chi connectivity index (χ0v) is 7.60. The van der Waals surface area contributed by atoms with E-state index in [9.17, 15) is 0 Å². The van der Waals surface area contributed by atoms with Crippen molar-refractivity contribution in [1.82, 2.24) is 19.7 Å². The van der Waals surface area contributed by atoms with Gasteiger partial charge in [0, 0.05) is 25.1 Å². The molecule has 0 aliphatic rings. The molecule has 0 unspecified atom stereocenters. The molecule has 0 aliphatic heterocycles. The molecule has 0 fully saturated rings. The van der Waals surface area contributed by atoms with Crippen molar-refractivity contribution >= 4 is 0 Å². The minimum absolute atomic E-state index is 0.811. The quantitative estimate of drug-likeness (QED) is 0.652. The van der Waals surface area contributed by atoms with E-state index in [0.717, 1.165) is 17.1 Å². The van der Waals surface area contributed by atoms with E-state index in [4.69, 9.17) is 0 Å². The first-order valence-corrected chi connectivity index (χ1v) is 4.04. The van der Waals surface area contributed by atoms with Gasteiger partial charge in [-0.2, -0.15) is 5.10 Å². The highest BCUT2D eigenvalue weighted by molar-refractivity contribution is 5.52. The van der Waals surface area contributed by atoms with E-state index < -0.39 is 0 Å². The van der Waals surface area contributed by atoms with Crippen LogP contribution in [0, 0.1) is 6.92 Å². The summed E-state index contributed by atoms with van der Waals surface area (Å²) >= 11 is 0. The molecular weight excluding hydrogens is 164 g/mol. The topological polar surface area (TPSA) is 43.6 Å². The number of hydrogen-bond donors (Lipinski definition) is 0. The Balaban J connectivity index is 2.48. The van der Waals surface area contributed by atoms with Gasteiger partial charge in [-0.3, -0.25) is 14.6 Å². The molecule has 0 N–H and O–H groups in total. The lowest BCUT2D eigenvalue weighted by molar-refractivity contribution is 0.742. The second-order valence-electron chi connectivity index (χ2n) is 2.89. The van der Waals surface area contributed by atoms with E-state index in [1.54, 1.807) is 18.6 Å². The normalized spacial score (nSPS) is 10.3. The van der Waals surface area contributed by atoms with Gasteiger partial charge in [-0.1, -0.05) is 0 Å². The second-order valence-corrected chi connectivity index (χ2v) is 2.89. The Morgan fingerprint density at radius 3 is 2.62 bits per heavy atom. The molecule has 2 aromatic heterocycles. The summed E-state index contributed by atoms with van der Waals surface area (Å²) in [6, 6.07) is 1.99. The fourth-order valence-electron chi connectivity index (χ4n) is 1.12. The van der Waals surface area contributed by atoms with E-state index in [-0.39, 0.29) is 0 Å². The van der Waals surface area contributed by atoms with Crippen molar-refractivity contribution in [2.24, 2.45) is 7.05 Å². The second kappa shape index (κ2) is 2.97. The Kier molecular flexibility index (Phi) is 1.81. The Morgan fingerprint density at radius 1 is 1.23 bits per heavy atom. The molecule has 0 spiro atoms. The van der Waals surface area contributed by atoms with Crippen molar-refractivity contribution in [1.29, 1.82) is 0 Å². The SMILES string of the molecule is Cc1cc(-c2cnccn2)nn1C. The van der Waals surface area contributed by atoms with Crippen LogP contribution in [0.3, 0.4) is 0 Å². The molecule has 13 heavy (non-hydrogen) atoms. The molecule has 2 heterocycles. The van der Waals surface area contributed by atoms with Crippen LogP contribution in [0.2, 0.25) is 0 Å². The Labute approximate surface area is 76.3 Å². The van der Waals surface area contributed by atoms with Crippen molar-refractivity contribution in [3.8, 4) is 11.4 Å². The van der Waals surface area contributed by atoms with Gasteiger partial charge in [0.1, 0.15) is 11.4 Å². The average Bonchev–Trinajstić information content (AvgIpc) is 2.49. The maximum Gasteiger partial charge on any atom is 0.113 e. The summed E-state index contributed by atoms with van der Waals surface area (Å²) in [5.74, 6) is 0. The summed E-state index contributed by atoms with van der Waals surface area (Å²) in [6.07, 6.45) is 5.03. The van der Waals surface area contributed by atoms with Crippen LogP contribution in [0.25, 0.3) is 11.4 Å². The van der Waals surface area contributed by atoms with Crippen molar-refractivity contribution in [3.63, 3.8) is 0 Å². The summed E-state index contributed by atoms with van der Waals surface area (Å²) in [7, 11) is 1.91. The van der Waals surface area contributed by atoms with E-state index in [0.29, 0.717) is 0 Å². The van der Waals surface area contributed by atoms with Gasteiger partial charge in [-0.25, -0.2) is 0 Å². The largest absolute Gasteiger partial charge is 0.272 e. The Hall–Kier alpha value is -1.71. The van der Waals surface area contributed by atoms with Crippen LogP contribution in [0.4, 0.5) is 0 Å². The van der Waals surface area contributed by atoms with Gasteiger partial charge in [0.2, 0.25) is 0 Å². The van der Waals surface area contributed by atoms with Crippen molar-refractivity contribution < 1.29 is 0 Å². The van der Waals surface area contributed by atoms with E-state index >= 15 is 0 Å². The molecule has 4 nitrogen and oxygen atoms in total. The standard InChI is InChI=1S/C9H10N4/c1-7-5-8(12-13(7)2)9-6-10-3-4-11-9/h3-6H,1-2H3. The minimum Gasteiger partial charge on any atom is -0.272 e. The predicted molar refractivity (Wildman–Crippen MR) is 49.0 cm³/mol. The summed E-state index contributed by atoms with van der Waals surface area (Å²) < 4.78 is 1.82. The molecule has 0 saturated heterocycles. The number of nitrogens with zero attached hydrogens (tertiary/aromatic N) is 4. The maximum atomic E-state index is 4.29. The highest BCUT2D eigenvalue weighted by Gasteiger charge is 2.04. The molecular formula is C9H10N4. The van der Waals surface area contributed by atoms with Crippen LogP contribution >= 0.6 is 0 Å². The average molecular weight is 174 g/mol. The first kappa shape index (κ1) is 7.91. The molecule has 2 rings (SSSR count). The molecule has 0 aliphatic carbocycles. The summed E-state index contributed by atoms with van der Waals surface area (Å²) in [5, 5.41) is 4.29. The molecule has 0 atom stereocenters. The molecule has 4 heteroatoms. The number of aryl methyl sites for hydroxylation is 2. The first-order valence-electron chi connectivity index (χ1n) is 4.04. The van der Waals surface area contributed by atoms with Crippen LogP contribution in [-0.4, -0.2) is 19.7 Å². The third-order valence-electron chi connectivity index (χ3n) is 1.94. The summed E-state index contributed by atoms with van der Waals surface area (Å²) in [6.45, 7) is 2.01. The molecule has 0 aromatic carbocycles. The maximum absolute atomic E-state index is 4.29. The van der Waals surface area contributed by atoms with Gasteiger partial charge < -0.3 is 0 Å². The third kappa shape index (κ3) is 1.42. The third-order valence-corrected chi connectivity index (χ3v) is 1.94. The summed E-state index contributed by atoms with van der Waals surface area (Å²) in [4.78, 5) is 8.15. The van der Waals surface area contributed by atoms with E-state index in [1.165, 1.54) is 0 Å².